The number of carbonyl (C=O) groups excluding carboxylic acids is 1. The van der Waals surface area contributed by atoms with E-state index in [1.54, 1.807) is 18.1 Å². The van der Waals surface area contributed by atoms with Crippen LogP contribution in [0.2, 0.25) is 0 Å². The summed E-state index contributed by atoms with van der Waals surface area (Å²) in [6.07, 6.45) is 4.74. The van der Waals surface area contributed by atoms with Crippen LogP contribution in [0.15, 0.2) is 24.4 Å². The molecule has 1 aliphatic rings. The van der Waals surface area contributed by atoms with Gasteiger partial charge in [0.1, 0.15) is 5.82 Å². The highest BCUT2D eigenvalue weighted by Crippen LogP contribution is 2.18. The first-order chi connectivity index (χ1) is 7.77. The molecule has 1 heterocycles. The van der Waals surface area contributed by atoms with Gasteiger partial charge in [0.2, 0.25) is 5.91 Å². The lowest BCUT2D eigenvalue weighted by Crippen LogP contribution is -2.30. The zero-order valence-electron chi connectivity index (χ0n) is 9.52. The van der Waals surface area contributed by atoms with E-state index in [1.807, 2.05) is 18.2 Å². The van der Waals surface area contributed by atoms with Gasteiger partial charge < -0.3 is 5.32 Å². The SMILES string of the molecule is CN(C(=O)CCNC1CC1)c1ccccn1. The predicted octanol–water partition coefficient (Wildman–Crippen LogP) is 1.19. The van der Waals surface area contributed by atoms with E-state index in [9.17, 15) is 4.79 Å². The van der Waals surface area contributed by atoms with Crippen LogP contribution in [-0.4, -0.2) is 30.5 Å². The average molecular weight is 219 g/mol. The second-order valence-electron chi connectivity index (χ2n) is 4.12. The first kappa shape index (κ1) is 11.1. The lowest BCUT2D eigenvalue weighted by atomic mass is 10.3. The van der Waals surface area contributed by atoms with Crippen molar-refractivity contribution in [3.05, 3.63) is 24.4 Å². The quantitative estimate of drug-likeness (QED) is 0.809. The second-order valence-corrected chi connectivity index (χ2v) is 4.12. The molecule has 0 spiro atoms. The minimum absolute atomic E-state index is 0.104. The van der Waals surface area contributed by atoms with Crippen LogP contribution in [0.1, 0.15) is 19.3 Å². The number of hydrogen-bond donors (Lipinski definition) is 1. The third-order valence-electron chi connectivity index (χ3n) is 2.72. The molecule has 0 aliphatic heterocycles. The van der Waals surface area contributed by atoms with Crippen LogP contribution in [0.25, 0.3) is 0 Å². The van der Waals surface area contributed by atoms with Gasteiger partial charge in [0.05, 0.1) is 0 Å². The number of aromatic nitrogens is 1. The molecule has 1 aromatic rings. The summed E-state index contributed by atoms with van der Waals surface area (Å²) in [5.41, 5.74) is 0. The van der Waals surface area contributed by atoms with Crippen molar-refractivity contribution in [1.29, 1.82) is 0 Å². The Morgan fingerprint density at radius 1 is 1.56 bits per heavy atom. The van der Waals surface area contributed by atoms with Crippen LogP contribution in [0.5, 0.6) is 0 Å². The molecular weight excluding hydrogens is 202 g/mol. The van der Waals surface area contributed by atoms with E-state index in [0.717, 1.165) is 6.54 Å². The Kier molecular flexibility index (Phi) is 3.51. The Hall–Kier alpha value is -1.42. The third kappa shape index (κ3) is 3.03. The molecule has 1 N–H and O–H groups in total. The van der Waals surface area contributed by atoms with Crippen molar-refractivity contribution in [3.8, 4) is 0 Å². The smallest absolute Gasteiger partial charge is 0.229 e. The van der Waals surface area contributed by atoms with Gasteiger partial charge in [-0.3, -0.25) is 9.69 Å². The van der Waals surface area contributed by atoms with Gasteiger partial charge in [-0.1, -0.05) is 6.07 Å². The molecule has 1 fully saturated rings. The molecule has 16 heavy (non-hydrogen) atoms. The van der Waals surface area contributed by atoms with Crippen molar-refractivity contribution >= 4 is 11.7 Å². The number of nitrogens with zero attached hydrogens (tertiary/aromatic N) is 2. The van der Waals surface area contributed by atoms with Gasteiger partial charge in [0.15, 0.2) is 0 Å². The largest absolute Gasteiger partial charge is 0.313 e. The molecule has 1 amide bonds. The highest BCUT2D eigenvalue weighted by Gasteiger charge is 2.20. The first-order valence-corrected chi connectivity index (χ1v) is 5.68. The molecule has 86 valence electrons. The van der Waals surface area contributed by atoms with E-state index in [1.165, 1.54) is 12.8 Å². The van der Waals surface area contributed by atoms with Gasteiger partial charge in [-0.25, -0.2) is 4.98 Å². The standard InChI is InChI=1S/C12H17N3O/c1-15(11-4-2-3-8-14-11)12(16)7-9-13-10-5-6-10/h2-4,8,10,13H,5-7,9H2,1H3. The van der Waals surface area contributed by atoms with E-state index in [0.29, 0.717) is 18.3 Å². The number of amides is 1. The molecule has 1 aliphatic carbocycles. The molecule has 0 atom stereocenters. The van der Waals surface area contributed by atoms with Crippen LogP contribution in [0, 0.1) is 0 Å². The topological polar surface area (TPSA) is 45.2 Å². The Morgan fingerprint density at radius 2 is 2.38 bits per heavy atom. The number of carbonyl (C=O) groups is 1. The van der Waals surface area contributed by atoms with Gasteiger partial charge in [0.25, 0.3) is 0 Å². The molecule has 1 aromatic heterocycles. The zero-order chi connectivity index (χ0) is 11.4. The molecular formula is C12H17N3O. The summed E-state index contributed by atoms with van der Waals surface area (Å²) in [4.78, 5) is 17.5. The maximum absolute atomic E-state index is 11.8. The van der Waals surface area contributed by atoms with Crippen LogP contribution in [0.4, 0.5) is 5.82 Å². The van der Waals surface area contributed by atoms with E-state index in [-0.39, 0.29) is 5.91 Å². The monoisotopic (exact) mass is 219 g/mol. The van der Waals surface area contributed by atoms with Crippen LogP contribution >= 0.6 is 0 Å². The maximum Gasteiger partial charge on any atom is 0.229 e. The summed E-state index contributed by atoms with van der Waals surface area (Å²) in [5, 5.41) is 3.33. The predicted molar refractivity (Wildman–Crippen MR) is 63.3 cm³/mol. The molecule has 0 radical (unpaired) electrons. The summed E-state index contributed by atoms with van der Waals surface area (Å²) < 4.78 is 0. The second kappa shape index (κ2) is 5.07. The molecule has 4 heteroatoms. The number of rotatable bonds is 5. The number of pyridine rings is 1. The molecule has 0 bridgehead atoms. The minimum atomic E-state index is 0.104. The van der Waals surface area contributed by atoms with Gasteiger partial charge >= 0.3 is 0 Å². The van der Waals surface area contributed by atoms with Crippen LogP contribution in [0.3, 0.4) is 0 Å². The van der Waals surface area contributed by atoms with Crippen molar-refractivity contribution in [2.75, 3.05) is 18.5 Å². The van der Waals surface area contributed by atoms with Gasteiger partial charge in [-0.05, 0) is 25.0 Å². The fourth-order valence-electron chi connectivity index (χ4n) is 1.52. The van der Waals surface area contributed by atoms with E-state index in [4.69, 9.17) is 0 Å². The molecule has 0 aromatic carbocycles. The Labute approximate surface area is 95.7 Å². The molecule has 2 rings (SSSR count). The molecule has 0 saturated heterocycles. The van der Waals surface area contributed by atoms with Gasteiger partial charge in [-0.15, -0.1) is 0 Å². The van der Waals surface area contributed by atoms with Crippen molar-refractivity contribution in [2.24, 2.45) is 0 Å². The third-order valence-corrected chi connectivity index (χ3v) is 2.72. The maximum atomic E-state index is 11.8. The van der Waals surface area contributed by atoms with Gasteiger partial charge in [0, 0.05) is 32.3 Å². The van der Waals surface area contributed by atoms with Crippen molar-refractivity contribution in [1.82, 2.24) is 10.3 Å². The Bertz CT molecular complexity index is 349. The Balaban J connectivity index is 1.79. The molecule has 1 saturated carbocycles. The lowest BCUT2D eigenvalue weighted by molar-refractivity contribution is -0.118. The highest BCUT2D eigenvalue weighted by atomic mass is 16.2. The number of hydrogen-bond acceptors (Lipinski definition) is 3. The number of anilines is 1. The summed E-state index contributed by atoms with van der Waals surface area (Å²) in [5.74, 6) is 0.811. The van der Waals surface area contributed by atoms with Crippen molar-refractivity contribution in [3.63, 3.8) is 0 Å². The van der Waals surface area contributed by atoms with E-state index in [2.05, 4.69) is 10.3 Å². The summed E-state index contributed by atoms with van der Waals surface area (Å²) in [6.45, 7) is 0.765. The lowest BCUT2D eigenvalue weighted by Gasteiger charge is -2.15. The summed E-state index contributed by atoms with van der Waals surface area (Å²) in [7, 11) is 1.77. The van der Waals surface area contributed by atoms with Crippen LogP contribution in [-0.2, 0) is 4.79 Å². The normalized spacial score (nSPS) is 14.8. The van der Waals surface area contributed by atoms with Crippen molar-refractivity contribution in [2.45, 2.75) is 25.3 Å². The van der Waals surface area contributed by atoms with Crippen LogP contribution < -0.4 is 10.2 Å². The minimum Gasteiger partial charge on any atom is -0.313 e. The highest BCUT2D eigenvalue weighted by molar-refractivity contribution is 5.91. The van der Waals surface area contributed by atoms with Gasteiger partial charge in [-0.2, -0.15) is 0 Å². The fraction of sp³-hybridized carbons (Fsp3) is 0.500. The summed E-state index contributed by atoms with van der Waals surface area (Å²) in [6, 6.07) is 6.23. The fourth-order valence-corrected chi connectivity index (χ4v) is 1.52. The molecule has 0 unspecified atom stereocenters. The summed E-state index contributed by atoms with van der Waals surface area (Å²) >= 11 is 0. The molecule has 4 nitrogen and oxygen atoms in total. The first-order valence-electron chi connectivity index (χ1n) is 5.68. The Morgan fingerprint density at radius 3 is 3.00 bits per heavy atom. The van der Waals surface area contributed by atoms with E-state index >= 15 is 0 Å². The van der Waals surface area contributed by atoms with Crippen molar-refractivity contribution < 1.29 is 4.79 Å². The zero-order valence-corrected chi connectivity index (χ0v) is 9.52. The average Bonchev–Trinajstić information content (AvgIpc) is 3.13. The number of nitrogens with one attached hydrogen (secondary N) is 1. The van der Waals surface area contributed by atoms with E-state index < -0.39 is 0 Å².